The van der Waals surface area contributed by atoms with Crippen LogP contribution in [0.25, 0.3) is 0 Å². The number of nitrogens with one attached hydrogen (secondary N) is 1. The molecule has 0 saturated heterocycles. The van der Waals surface area contributed by atoms with Gasteiger partial charge in [-0.05, 0) is 54.0 Å². The molecule has 108 valence electrons. The van der Waals surface area contributed by atoms with Gasteiger partial charge in [-0.1, -0.05) is 12.1 Å². The summed E-state index contributed by atoms with van der Waals surface area (Å²) in [5.41, 5.74) is 3.02. The molecule has 5 heteroatoms. The summed E-state index contributed by atoms with van der Waals surface area (Å²) in [5.74, 6) is -1.39. The molecule has 2 N–H and O–H groups in total. The van der Waals surface area contributed by atoms with Crippen LogP contribution in [0.5, 0.6) is 0 Å². The summed E-state index contributed by atoms with van der Waals surface area (Å²) in [7, 11) is 0. The molecule has 1 amide bonds. The Kier molecular flexibility index (Phi) is 3.75. The van der Waals surface area contributed by atoms with Crippen LogP contribution < -0.4 is 5.32 Å². The molecule has 1 aliphatic rings. The number of aliphatic carboxylic acids is 1. The minimum Gasteiger partial charge on any atom is -0.479 e. The van der Waals surface area contributed by atoms with E-state index < -0.39 is 12.0 Å². The molecule has 0 fully saturated rings. The normalized spacial score (nSPS) is 14.5. The lowest BCUT2D eigenvalue weighted by Crippen LogP contribution is -2.33. The smallest absolute Gasteiger partial charge is 0.331 e. The first-order valence-corrected chi connectivity index (χ1v) is 7.72. The van der Waals surface area contributed by atoms with Gasteiger partial charge in [-0.25, -0.2) is 4.79 Å². The number of aryl methyl sites for hydroxylation is 2. The Labute approximate surface area is 126 Å². The average Bonchev–Trinajstić information content (AvgIpc) is 3.14. The molecular weight excluding hydrogens is 286 g/mol. The van der Waals surface area contributed by atoms with Crippen molar-refractivity contribution in [1.82, 2.24) is 5.32 Å². The van der Waals surface area contributed by atoms with Gasteiger partial charge >= 0.3 is 5.97 Å². The first kappa shape index (κ1) is 13.8. The molecule has 1 atom stereocenters. The molecule has 0 spiro atoms. The van der Waals surface area contributed by atoms with Crippen LogP contribution >= 0.6 is 11.3 Å². The lowest BCUT2D eigenvalue weighted by Gasteiger charge is -2.13. The Bertz CT molecular complexity index is 679. The van der Waals surface area contributed by atoms with E-state index >= 15 is 0 Å². The molecule has 1 aromatic heterocycles. The van der Waals surface area contributed by atoms with Crippen molar-refractivity contribution in [3.8, 4) is 0 Å². The summed E-state index contributed by atoms with van der Waals surface area (Å²) in [4.78, 5) is 24.3. The maximum absolute atomic E-state index is 12.3. The van der Waals surface area contributed by atoms with E-state index in [0.29, 0.717) is 10.4 Å². The first-order chi connectivity index (χ1) is 10.1. The maximum atomic E-state index is 12.3. The van der Waals surface area contributed by atoms with E-state index in [-0.39, 0.29) is 5.91 Å². The van der Waals surface area contributed by atoms with Crippen LogP contribution in [0.1, 0.15) is 38.8 Å². The second kappa shape index (κ2) is 5.69. The van der Waals surface area contributed by atoms with E-state index in [2.05, 4.69) is 5.32 Å². The SMILES string of the molecule is O=C(NC(C(=O)O)c1cccs1)c1ccc2c(c1)CCC2. The van der Waals surface area contributed by atoms with Gasteiger partial charge in [-0.15, -0.1) is 11.3 Å². The zero-order valence-electron chi connectivity index (χ0n) is 11.3. The first-order valence-electron chi connectivity index (χ1n) is 6.84. The van der Waals surface area contributed by atoms with Gasteiger partial charge in [-0.3, -0.25) is 4.79 Å². The molecule has 0 radical (unpaired) electrons. The van der Waals surface area contributed by atoms with Gasteiger partial charge in [0.25, 0.3) is 5.91 Å². The number of hydrogen-bond donors (Lipinski definition) is 2. The second-order valence-corrected chi connectivity index (χ2v) is 6.08. The molecule has 0 aliphatic heterocycles. The fourth-order valence-corrected chi connectivity index (χ4v) is 3.40. The number of fused-ring (bicyclic) bond motifs is 1. The summed E-state index contributed by atoms with van der Waals surface area (Å²) < 4.78 is 0. The molecule has 2 aromatic rings. The number of rotatable bonds is 4. The van der Waals surface area contributed by atoms with E-state index in [9.17, 15) is 14.7 Å². The zero-order valence-corrected chi connectivity index (χ0v) is 12.2. The summed E-state index contributed by atoms with van der Waals surface area (Å²) in [5, 5.41) is 13.7. The third kappa shape index (κ3) is 2.83. The molecule has 1 aliphatic carbocycles. The van der Waals surface area contributed by atoms with Crippen molar-refractivity contribution in [2.24, 2.45) is 0 Å². The fraction of sp³-hybridized carbons (Fsp3) is 0.250. The lowest BCUT2D eigenvalue weighted by molar-refractivity contribution is -0.139. The van der Waals surface area contributed by atoms with Gasteiger partial charge in [0.15, 0.2) is 6.04 Å². The Balaban J connectivity index is 1.80. The Morgan fingerprint density at radius 3 is 2.71 bits per heavy atom. The van der Waals surface area contributed by atoms with E-state index in [1.807, 2.05) is 12.1 Å². The summed E-state index contributed by atoms with van der Waals surface area (Å²) >= 11 is 1.32. The summed E-state index contributed by atoms with van der Waals surface area (Å²) in [6, 6.07) is 8.12. The van der Waals surface area contributed by atoms with Gasteiger partial charge in [0.2, 0.25) is 0 Å². The second-order valence-electron chi connectivity index (χ2n) is 5.10. The number of hydrogen-bond acceptors (Lipinski definition) is 3. The molecule has 3 rings (SSSR count). The average molecular weight is 301 g/mol. The third-order valence-corrected chi connectivity index (χ3v) is 4.65. The summed E-state index contributed by atoms with van der Waals surface area (Å²) in [6.45, 7) is 0. The molecule has 4 nitrogen and oxygen atoms in total. The molecule has 21 heavy (non-hydrogen) atoms. The highest BCUT2D eigenvalue weighted by molar-refractivity contribution is 7.10. The van der Waals surface area contributed by atoms with Crippen LogP contribution in [0.2, 0.25) is 0 Å². The number of carboxylic acids is 1. The minimum absolute atomic E-state index is 0.342. The molecule has 0 saturated carbocycles. The highest BCUT2D eigenvalue weighted by Gasteiger charge is 2.24. The standard InChI is InChI=1S/C16H15NO3S/c18-15(12-7-6-10-3-1-4-11(10)9-12)17-14(16(19)20)13-5-2-8-21-13/h2,5-9,14H,1,3-4H2,(H,17,18)(H,19,20). The van der Waals surface area contributed by atoms with E-state index in [1.54, 1.807) is 23.6 Å². The van der Waals surface area contributed by atoms with Crippen molar-refractivity contribution >= 4 is 23.2 Å². The predicted molar refractivity (Wildman–Crippen MR) is 80.6 cm³/mol. The quantitative estimate of drug-likeness (QED) is 0.912. The minimum atomic E-state index is -1.05. The van der Waals surface area contributed by atoms with Crippen LogP contribution in [0, 0.1) is 0 Å². The predicted octanol–water partition coefficient (Wildman–Crippen LogP) is 2.79. The van der Waals surface area contributed by atoms with E-state index in [1.165, 1.54) is 22.5 Å². The summed E-state index contributed by atoms with van der Waals surface area (Å²) in [6.07, 6.45) is 3.17. The molecule has 1 aromatic carbocycles. The maximum Gasteiger partial charge on any atom is 0.331 e. The van der Waals surface area contributed by atoms with Crippen molar-refractivity contribution in [3.63, 3.8) is 0 Å². The number of thiophene rings is 1. The van der Waals surface area contributed by atoms with Crippen molar-refractivity contribution in [1.29, 1.82) is 0 Å². The molecule has 0 bridgehead atoms. The van der Waals surface area contributed by atoms with Crippen LogP contribution in [0.3, 0.4) is 0 Å². The van der Waals surface area contributed by atoms with Crippen LogP contribution in [-0.4, -0.2) is 17.0 Å². The monoisotopic (exact) mass is 301 g/mol. The van der Waals surface area contributed by atoms with Crippen molar-refractivity contribution < 1.29 is 14.7 Å². The van der Waals surface area contributed by atoms with Gasteiger partial charge in [0.1, 0.15) is 0 Å². The van der Waals surface area contributed by atoms with Crippen LogP contribution in [0.4, 0.5) is 0 Å². The number of carbonyl (C=O) groups excluding carboxylic acids is 1. The highest BCUT2D eigenvalue weighted by atomic mass is 32.1. The van der Waals surface area contributed by atoms with Crippen molar-refractivity contribution in [2.45, 2.75) is 25.3 Å². The van der Waals surface area contributed by atoms with Gasteiger partial charge in [0.05, 0.1) is 0 Å². The molecule has 1 unspecified atom stereocenters. The number of benzene rings is 1. The topological polar surface area (TPSA) is 66.4 Å². The Morgan fingerprint density at radius 2 is 2.00 bits per heavy atom. The molecular formula is C16H15NO3S. The fourth-order valence-electron chi connectivity index (χ4n) is 2.64. The van der Waals surface area contributed by atoms with Gasteiger partial charge in [0, 0.05) is 10.4 Å². The molecule has 1 heterocycles. The largest absolute Gasteiger partial charge is 0.479 e. The Morgan fingerprint density at radius 1 is 1.19 bits per heavy atom. The highest BCUT2D eigenvalue weighted by Crippen LogP contribution is 2.24. The van der Waals surface area contributed by atoms with E-state index in [4.69, 9.17) is 0 Å². The lowest BCUT2D eigenvalue weighted by atomic mass is 10.1. The third-order valence-electron chi connectivity index (χ3n) is 3.71. The van der Waals surface area contributed by atoms with Gasteiger partial charge < -0.3 is 10.4 Å². The van der Waals surface area contributed by atoms with Gasteiger partial charge in [-0.2, -0.15) is 0 Å². The zero-order chi connectivity index (χ0) is 14.8. The van der Waals surface area contributed by atoms with Crippen molar-refractivity contribution in [3.05, 3.63) is 57.3 Å². The number of carboxylic acid groups (broad SMARTS) is 1. The number of carbonyl (C=O) groups is 2. The number of amides is 1. The Hall–Kier alpha value is -2.14. The van der Waals surface area contributed by atoms with Crippen molar-refractivity contribution in [2.75, 3.05) is 0 Å². The van der Waals surface area contributed by atoms with Crippen LogP contribution in [0.15, 0.2) is 35.7 Å². The van der Waals surface area contributed by atoms with E-state index in [0.717, 1.165) is 19.3 Å². The van der Waals surface area contributed by atoms with Crippen LogP contribution in [-0.2, 0) is 17.6 Å².